The van der Waals surface area contributed by atoms with Gasteiger partial charge in [-0.05, 0) is 29.9 Å². The van der Waals surface area contributed by atoms with Gasteiger partial charge in [-0.2, -0.15) is 12.6 Å². The van der Waals surface area contributed by atoms with Crippen LogP contribution in [0.1, 0.15) is 16.8 Å². The second-order valence-corrected chi connectivity index (χ2v) is 4.59. The van der Waals surface area contributed by atoms with Crippen LogP contribution in [-0.4, -0.2) is 29.3 Å². The second-order valence-electron chi connectivity index (χ2n) is 4.23. The molecule has 1 N–H and O–H groups in total. The summed E-state index contributed by atoms with van der Waals surface area (Å²) in [4.78, 5) is 24.1. The molecular formula is C12H12FNO3S. The molecule has 6 heteroatoms. The SMILES string of the molecule is O=C(O)c1cc(N2CC(CS)CC2=O)ccc1F. The number of carbonyl (C=O) groups excluding carboxylic acids is 1. The molecule has 18 heavy (non-hydrogen) atoms. The topological polar surface area (TPSA) is 57.6 Å². The molecule has 1 aromatic carbocycles. The normalized spacial score (nSPS) is 19.3. The van der Waals surface area contributed by atoms with E-state index in [0.29, 0.717) is 24.4 Å². The molecule has 1 saturated heterocycles. The highest BCUT2D eigenvalue weighted by molar-refractivity contribution is 7.80. The summed E-state index contributed by atoms with van der Waals surface area (Å²) in [6.45, 7) is 0.493. The van der Waals surface area contributed by atoms with E-state index in [2.05, 4.69) is 12.6 Å². The Bertz CT molecular complexity index is 506. The van der Waals surface area contributed by atoms with Crippen LogP contribution in [0.5, 0.6) is 0 Å². The third-order valence-electron chi connectivity index (χ3n) is 2.96. The third-order valence-corrected chi connectivity index (χ3v) is 3.47. The number of thiol groups is 1. The van der Waals surface area contributed by atoms with Crippen LogP contribution < -0.4 is 4.90 Å². The number of anilines is 1. The van der Waals surface area contributed by atoms with Crippen molar-refractivity contribution in [2.24, 2.45) is 5.92 Å². The molecule has 1 atom stereocenters. The largest absolute Gasteiger partial charge is 0.478 e. The molecule has 1 unspecified atom stereocenters. The Hall–Kier alpha value is -1.56. The van der Waals surface area contributed by atoms with Crippen LogP contribution in [0.15, 0.2) is 18.2 Å². The van der Waals surface area contributed by atoms with Crippen molar-refractivity contribution in [2.45, 2.75) is 6.42 Å². The lowest BCUT2D eigenvalue weighted by atomic mass is 10.1. The van der Waals surface area contributed by atoms with E-state index in [1.54, 1.807) is 0 Å². The van der Waals surface area contributed by atoms with E-state index in [1.165, 1.54) is 17.0 Å². The van der Waals surface area contributed by atoms with Gasteiger partial charge >= 0.3 is 5.97 Å². The first-order valence-corrected chi connectivity index (χ1v) is 6.10. The van der Waals surface area contributed by atoms with Crippen molar-refractivity contribution < 1.29 is 19.1 Å². The minimum Gasteiger partial charge on any atom is -0.478 e. The van der Waals surface area contributed by atoms with Gasteiger partial charge in [-0.15, -0.1) is 0 Å². The molecule has 1 aliphatic rings. The summed E-state index contributed by atoms with van der Waals surface area (Å²) in [5, 5.41) is 8.84. The molecule has 2 rings (SSSR count). The molecule has 0 spiro atoms. The summed E-state index contributed by atoms with van der Waals surface area (Å²) >= 11 is 4.15. The smallest absolute Gasteiger partial charge is 0.338 e. The Kier molecular flexibility index (Phi) is 3.56. The molecule has 1 fully saturated rings. The Morgan fingerprint density at radius 1 is 1.56 bits per heavy atom. The number of carboxylic acid groups (broad SMARTS) is 1. The predicted molar refractivity (Wildman–Crippen MR) is 67.7 cm³/mol. The van der Waals surface area contributed by atoms with E-state index in [0.717, 1.165) is 6.07 Å². The molecule has 1 heterocycles. The lowest BCUT2D eigenvalue weighted by Gasteiger charge is -2.17. The Morgan fingerprint density at radius 3 is 2.83 bits per heavy atom. The molecule has 0 aliphatic carbocycles. The van der Waals surface area contributed by atoms with Crippen molar-refractivity contribution in [1.29, 1.82) is 0 Å². The number of rotatable bonds is 3. The van der Waals surface area contributed by atoms with Crippen LogP contribution in [0.4, 0.5) is 10.1 Å². The maximum absolute atomic E-state index is 13.3. The van der Waals surface area contributed by atoms with Gasteiger partial charge in [0.15, 0.2) is 0 Å². The fraction of sp³-hybridized carbons (Fsp3) is 0.333. The van der Waals surface area contributed by atoms with Crippen molar-refractivity contribution in [3.63, 3.8) is 0 Å². The van der Waals surface area contributed by atoms with E-state index < -0.39 is 17.3 Å². The first-order valence-electron chi connectivity index (χ1n) is 5.47. The molecule has 0 saturated carbocycles. The zero-order valence-corrected chi connectivity index (χ0v) is 10.4. The van der Waals surface area contributed by atoms with Crippen LogP contribution in [0.25, 0.3) is 0 Å². The number of amides is 1. The first-order chi connectivity index (χ1) is 8.52. The van der Waals surface area contributed by atoms with Crippen LogP contribution >= 0.6 is 12.6 Å². The molecule has 96 valence electrons. The average Bonchev–Trinajstić information content (AvgIpc) is 2.71. The summed E-state index contributed by atoms with van der Waals surface area (Å²) < 4.78 is 13.3. The number of hydrogen-bond acceptors (Lipinski definition) is 3. The van der Waals surface area contributed by atoms with E-state index in [9.17, 15) is 14.0 Å². The molecule has 1 amide bonds. The van der Waals surface area contributed by atoms with Crippen molar-refractivity contribution >= 4 is 30.2 Å². The van der Waals surface area contributed by atoms with Gasteiger partial charge in [0.1, 0.15) is 5.82 Å². The zero-order valence-electron chi connectivity index (χ0n) is 9.47. The van der Waals surface area contributed by atoms with Gasteiger partial charge in [0.2, 0.25) is 5.91 Å². The van der Waals surface area contributed by atoms with Gasteiger partial charge in [-0.25, -0.2) is 9.18 Å². The number of aromatic carboxylic acids is 1. The molecule has 1 aromatic rings. The van der Waals surface area contributed by atoms with Crippen LogP contribution in [0.2, 0.25) is 0 Å². The number of halogens is 1. The van der Waals surface area contributed by atoms with Crippen molar-refractivity contribution in [3.05, 3.63) is 29.6 Å². The summed E-state index contributed by atoms with van der Waals surface area (Å²) in [5.41, 5.74) is -0.00212. The lowest BCUT2D eigenvalue weighted by molar-refractivity contribution is -0.117. The lowest BCUT2D eigenvalue weighted by Crippen LogP contribution is -2.25. The van der Waals surface area contributed by atoms with Gasteiger partial charge < -0.3 is 10.0 Å². The summed E-state index contributed by atoms with van der Waals surface area (Å²) in [6, 6.07) is 3.68. The number of nitrogens with zero attached hydrogens (tertiary/aromatic N) is 1. The van der Waals surface area contributed by atoms with Crippen molar-refractivity contribution in [3.8, 4) is 0 Å². The maximum atomic E-state index is 13.3. The fourth-order valence-electron chi connectivity index (χ4n) is 2.00. The fourth-order valence-corrected chi connectivity index (χ4v) is 2.24. The molecule has 0 aromatic heterocycles. The van der Waals surface area contributed by atoms with E-state index in [4.69, 9.17) is 5.11 Å². The number of carboxylic acids is 1. The standard InChI is InChI=1S/C12H12FNO3S/c13-10-2-1-8(4-9(10)12(16)17)14-5-7(6-18)3-11(14)15/h1-2,4,7,18H,3,5-6H2,(H,16,17). The third kappa shape index (κ3) is 2.33. The van der Waals surface area contributed by atoms with Crippen molar-refractivity contribution in [1.82, 2.24) is 0 Å². The second kappa shape index (κ2) is 4.97. The average molecular weight is 269 g/mol. The Morgan fingerprint density at radius 2 is 2.28 bits per heavy atom. The van der Waals surface area contributed by atoms with E-state index in [-0.39, 0.29) is 11.8 Å². The molecule has 1 aliphatic heterocycles. The van der Waals surface area contributed by atoms with Gasteiger partial charge in [0, 0.05) is 18.7 Å². The van der Waals surface area contributed by atoms with Crippen LogP contribution in [0, 0.1) is 11.7 Å². The number of carbonyl (C=O) groups is 2. The van der Waals surface area contributed by atoms with Gasteiger partial charge in [-0.3, -0.25) is 4.79 Å². The molecular weight excluding hydrogens is 257 g/mol. The number of hydrogen-bond donors (Lipinski definition) is 2. The van der Waals surface area contributed by atoms with Crippen molar-refractivity contribution in [2.75, 3.05) is 17.2 Å². The molecule has 0 radical (unpaired) electrons. The first kappa shape index (κ1) is 12.9. The Labute approximate surface area is 109 Å². The van der Waals surface area contributed by atoms with E-state index >= 15 is 0 Å². The van der Waals surface area contributed by atoms with Gasteiger partial charge in [-0.1, -0.05) is 0 Å². The highest BCUT2D eigenvalue weighted by Crippen LogP contribution is 2.27. The Balaban J connectivity index is 2.32. The van der Waals surface area contributed by atoms with Crippen LogP contribution in [0.3, 0.4) is 0 Å². The highest BCUT2D eigenvalue weighted by atomic mass is 32.1. The summed E-state index contributed by atoms with van der Waals surface area (Å²) in [6.07, 6.45) is 0.392. The van der Waals surface area contributed by atoms with Crippen LogP contribution in [-0.2, 0) is 4.79 Å². The zero-order chi connectivity index (χ0) is 13.3. The summed E-state index contributed by atoms with van der Waals surface area (Å²) in [7, 11) is 0. The van der Waals surface area contributed by atoms with Gasteiger partial charge in [0.25, 0.3) is 0 Å². The monoisotopic (exact) mass is 269 g/mol. The highest BCUT2D eigenvalue weighted by Gasteiger charge is 2.30. The number of benzene rings is 1. The molecule has 4 nitrogen and oxygen atoms in total. The van der Waals surface area contributed by atoms with E-state index in [1.807, 2.05) is 0 Å². The summed E-state index contributed by atoms with van der Waals surface area (Å²) in [5.74, 6) is -1.48. The maximum Gasteiger partial charge on any atom is 0.338 e. The minimum atomic E-state index is -1.34. The molecule has 0 bridgehead atoms. The van der Waals surface area contributed by atoms with Gasteiger partial charge in [0.05, 0.1) is 5.56 Å². The minimum absolute atomic E-state index is 0.0861. The quantitative estimate of drug-likeness (QED) is 0.823. The predicted octanol–water partition coefficient (Wildman–Crippen LogP) is 1.81.